The van der Waals surface area contributed by atoms with Crippen molar-refractivity contribution >= 4 is 21.6 Å². The lowest BCUT2D eigenvalue weighted by molar-refractivity contribution is -0.146. The summed E-state index contributed by atoms with van der Waals surface area (Å²) in [7, 11) is -4.06. The molecule has 0 amide bonds. The second-order valence-corrected chi connectivity index (χ2v) is 8.74. The molecule has 2 aromatic heterocycles. The first kappa shape index (κ1) is 21.5. The van der Waals surface area contributed by atoms with Crippen molar-refractivity contribution in [1.29, 1.82) is 0 Å². The third-order valence-corrected chi connectivity index (χ3v) is 5.67. The van der Waals surface area contributed by atoms with E-state index in [1.807, 2.05) is 17.0 Å². The van der Waals surface area contributed by atoms with Gasteiger partial charge in [-0.15, -0.1) is 15.3 Å². The lowest BCUT2D eigenvalue weighted by Gasteiger charge is -2.35. The summed E-state index contributed by atoms with van der Waals surface area (Å²) >= 11 is 0. The zero-order chi connectivity index (χ0) is 22.2. The van der Waals surface area contributed by atoms with Crippen molar-refractivity contribution in [2.75, 3.05) is 31.1 Å². The Kier molecular flexibility index (Phi) is 5.58. The van der Waals surface area contributed by atoms with Gasteiger partial charge in [0.2, 0.25) is 0 Å². The number of alkyl halides is 3. The molecule has 0 radical (unpaired) electrons. The molecule has 0 spiro atoms. The molecule has 0 bridgehead atoms. The third kappa shape index (κ3) is 5.11. The van der Waals surface area contributed by atoms with E-state index < -0.39 is 27.9 Å². The largest absolute Gasteiger partial charge is 0.453 e. The maximum atomic E-state index is 13.1. The molecule has 0 saturated carbocycles. The second-order valence-electron chi connectivity index (χ2n) is 7.29. The van der Waals surface area contributed by atoms with E-state index in [-0.39, 0.29) is 5.65 Å². The van der Waals surface area contributed by atoms with Crippen LogP contribution in [0.1, 0.15) is 17.0 Å². The molecule has 9 nitrogen and oxygen atoms in total. The summed E-state index contributed by atoms with van der Waals surface area (Å²) in [6.45, 7) is 3.18. The van der Waals surface area contributed by atoms with E-state index in [2.05, 4.69) is 20.2 Å². The first-order valence-electron chi connectivity index (χ1n) is 9.38. The fraction of sp³-hybridized carbons (Fsp3) is 0.389. The molecule has 0 aliphatic carbocycles. The van der Waals surface area contributed by atoms with Gasteiger partial charge in [-0.25, -0.2) is 0 Å². The number of benzene rings is 1. The highest BCUT2D eigenvalue weighted by molar-refractivity contribution is 7.85. The van der Waals surface area contributed by atoms with E-state index >= 15 is 0 Å². The monoisotopic (exact) mass is 456 g/mol. The van der Waals surface area contributed by atoms with E-state index in [9.17, 15) is 21.6 Å². The van der Waals surface area contributed by atoms with Crippen LogP contribution < -0.4 is 4.90 Å². The van der Waals surface area contributed by atoms with Gasteiger partial charge in [0.05, 0.1) is 0 Å². The normalized spacial score (nSPS) is 16.2. The van der Waals surface area contributed by atoms with Gasteiger partial charge in [0.25, 0.3) is 15.9 Å². The minimum Gasteiger partial charge on any atom is -0.353 e. The highest BCUT2D eigenvalue weighted by Crippen LogP contribution is 2.28. The van der Waals surface area contributed by atoms with Gasteiger partial charge >= 0.3 is 6.18 Å². The van der Waals surface area contributed by atoms with Crippen LogP contribution in [0.2, 0.25) is 0 Å². The Morgan fingerprint density at radius 2 is 1.58 bits per heavy atom. The fourth-order valence-corrected chi connectivity index (χ4v) is 4.08. The fourth-order valence-electron chi connectivity index (χ4n) is 3.47. The van der Waals surface area contributed by atoms with Crippen LogP contribution in [0.5, 0.6) is 0 Å². The maximum Gasteiger partial charge on any atom is 0.453 e. The average Bonchev–Trinajstić information content (AvgIpc) is 3.13. The molecule has 1 aliphatic rings. The van der Waals surface area contributed by atoms with Crippen molar-refractivity contribution in [3.05, 3.63) is 53.3 Å². The van der Waals surface area contributed by atoms with Gasteiger partial charge in [0, 0.05) is 32.7 Å². The summed E-state index contributed by atoms with van der Waals surface area (Å²) in [5.41, 5.74) is 1.53. The summed E-state index contributed by atoms with van der Waals surface area (Å²) in [5.74, 6) is -1.15. The van der Waals surface area contributed by atoms with Crippen LogP contribution >= 0.6 is 0 Å². The van der Waals surface area contributed by atoms with Crippen LogP contribution in [0.15, 0.2) is 36.4 Å². The molecule has 1 saturated heterocycles. The molecule has 1 aromatic carbocycles. The smallest absolute Gasteiger partial charge is 0.353 e. The molecule has 1 N–H and O–H groups in total. The van der Waals surface area contributed by atoms with Crippen LogP contribution in [0.25, 0.3) is 5.65 Å². The molecule has 0 unspecified atom stereocenters. The lowest BCUT2D eigenvalue weighted by Crippen LogP contribution is -2.46. The summed E-state index contributed by atoms with van der Waals surface area (Å²) < 4.78 is 70.7. The molecule has 31 heavy (non-hydrogen) atoms. The van der Waals surface area contributed by atoms with Crippen molar-refractivity contribution in [3.63, 3.8) is 0 Å². The number of nitrogens with zero attached hydrogens (tertiary/aromatic N) is 6. The van der Waals surface area contributed by atoms with Gasteiger partial charge in [0.15, 0.2) is 5.65 Å². The number of halogens is 3. The van der Waals surface area contributed by atoms with Crippen LogP contribution in [0.4, 0.5) is 19.0 Å². The van der Waals surface area contributed by atoms with Gasteiger partial charge < -0.3 is 4.90 Å². The Morgan fingerprint density at radius 3 is 2.19 bits per heavy atom. The second kappa shape index (κ2) is 8.05. The first-order chi connectivity index (χ1) is 14.6. The van der Waals surface area contributed by atoms with Crippen molar-refractivity contribution in [2.45, 2.75) is 18.5 Å². The van der Waals surface area contributed by atoms with Crippen LogP contribution in [-0.2, 0) is 28.6 Å². The minimum atomic E-state index is -4.64. The summed E-state index contributed by atoms with van der Waals surface area (Å²) in [5, 5.41) is 10.8. The SMILES string of the molecule is O=S(=O)(O)Cc1ccc(CN2CCN(c3ccc4nnc(C(F)(F)F)n4n3)CC2)cc1. The molecule has 166 valence electrons. The van der Waals surface area contributed by atoms with Gasteiger partial charge in [-0.05, 0) is 23.3 Å². The number of aromatic nitrogens is 4. The van der Waals surface area contributed by atoms with Crippen molar-refractivity contribution in [3.8, 4) is 0 Å². The average molecular weight is 456 g/mol. The molecule has 0 atom stereocenters. The van der Waals surface area contributed by atoms with E-state index in [1.54, 1.807) is 18.2 Å². The molecule has 3 heterocycles. The lowest BCUT2D eigenvalue weighted by atomic mass is 10.1. The van der Waals surface area contributed by atoms with Crippen molar-refractivity contribution < 1.29 is 26.1 Å². The van der Waals surface area contributed by atoms with Gasteiger partial charge in [0.1, 0.15) is 11.6 Å². The number of piperazine rings is 1. The molecule has 13 heteroatoms. The number of rotatable bonds is 5. The first-order valence-corrected chi connectivity index (χ1v) is 11.0. The summed E-state index contributed by atoms with van der Waals surface area (Å²) in [4.78, 5) is 4.10. The van der Waals surface area contributed by atoms with E-state index in [0.717, 1.165) is 10.1 Å². The Balaban J connectivity index is 1.38. The van der Waals surface area contributed by atoms with Gasteiger partial charge in [-0.3, -0.25) is 9.45 Å². The highest BCUT2D eigenvalue weighted by atomic mass is 32.2. The maximum absolute atomic E-state index is 13.1. The Morgan fingerprint density at radius 1 is 0.935 bits per heavy atom. The van der Waals surface area contributed by atoms with Gasteiger partial charge in [-0.1, -0.05) is 24.3 Å². The number of anilines is 1. The molecule has 1 aliphatic heterocycles. The predicted octanol–water partition coefficient (Wildman–Crippen LogP) is 1.85. The molecular weight excluding hydrogens is 437 g/mol. The zero-order valence-electron chi connectivity index (χ0n) is 16.2. The number of hydrogen-bond acceptors (Lipinski definition) is 7. The zero-order valence-corrected chi connectivity index (χ0v) is 17.0. The molecule has 3 aromatic rings. The summed E-state index contributed by atoms with van der Waals surface area (Å²) in [6.07, 6.45) is -4.64. The quantitative estimate of drug-likeness (QED) is 0.581. The third-order valence-electron chi connectivity index (χ3n) is 4.98. The van der Waals surface area contributed by atoms with E-state index in [1.165, 1.54) is 6.07 Å². The summed E-state index contributed by atoms with van der Waals surface area (Å²) in [6, 6.07) is 10.0. The number of fused-ring (bicyclic) bond motifs is 1. The van der Waals surface area contributed by atoms with Crippen LogP contribution in [0, 0.1) is 0 Å². The highest BCUT2D eigenvalue weighted by Gasteiger charge is 2.37. The predicted molar refractivity (Wildman–Crippen MR) is 105 cm³/mol. The Labute approximate surface area is 175 Å². The standard InChI is InChI=1S/C18H19F3N6O3S/c19-18(20,21)17-23-22-15-5-6-16(24-27(15)17)26-9-7-25(8-10-26)11-13-1-3-14(4-2-13)12-31(28,29)30/h1-6H,7-12H2,(H,28,29,30). The van der Waals surface area contributed by atoms with E-state index in [0.29, 0.717) is 44.1 Å². The molecule has 1 fully saturated rings. The Hall–Kier alpha value is -2.77. The topological polar surface area (TPSA) is 104 Å². The van der Waals surface area contributed by atoms with Crippen LogP contribution in [-0.4, -0.2) is 63.9 Å². The molecular formula is C18H19F3N6O3S. The van der Waals surface area contributed by atoms with Crippen LogP contribution in [0.3, 0.4) is 0 Å². The van der Waals surface area contributed by atoms with Crippen molar-refractivity contribution in [1.82, 2.24) is 24.7 Å². The molecule has 4 rings (SSSR count). The van der Waals surface area contributed by atoms with Gasteiger partial charge in [-0.2, -0.15) is 26.1 Å². The van der Waals surface area contributed by atoms with Crippen molar-refractivity contribution in [2.24, 2.45) is 0 Å². The Bertz CT molecular complexity index is 1170. The minimum absolute atomic E-state index is 0.0344. The number of hydrogen-bond donors (Lipinski definition) is 1. The van der Waals surface area contributed by atoms with E-state index in [4.69, 9.17) is 4.55 Å².